The minimum absolute atomic E-state index is 0.0236. The molecule has 4 aromatic rings. The van der Waals surface area contributed by atoms with Crippen LogP contribution in [-0.2, 0) is 9.59 Å². The molecule has 0 atom stereocenters. The number of hydrogen-bond donors (Lipinski definition) is 0. The number of carbonyl (C=O) groups excluding carboxylic acids is 2. The highest BCUT2D eigenvalue weighted by atomic mass is 16.5. The molecule has 8 heteroatoms. The van der Waals surface area contributed by atoms with Crippen molar-refractivity contribution in [2.45, 2.75) is 20.8 Å². The lowest BCUT2D eigenvalue weighted by molar-refractivity contribution is -0.577. The summed E-state index contributed by atoms with van der Waals surface area (Å²) in [5.74, 6) is -0.980. The Bertz CT molecular complexity index is 1520. The summed E-state index contributed by atoms with van der Waals surface area (Å²) in [5, 5.41) is 18.1. The first-order valence-electron chi connectivity index (χ1n) is 11.4. The van der Waals surface area contributed by atoms with Crippen molar-refractivity contribution in [2.75, 3.05) is 12.0 Å². The summed E-state index contributed by atoms with van der Waals surface area (Å²) < 4.78 is 8.10. The fourth-order valence-electron chi connectivity index (χ4n) is 4.53. The lowest BCUT2D eigenvalue weighted by Crippen LogP contribution is -2.40. The minimum atomic E-state index is -0.584. The second-order valence-electron chi connectivity index (χ2n) is 8.68. The number of carbonyl (C=O) groups is 2. The quantitative estimate of drug-likeness (QED) is 0.323. The molecular weight excluding hydrogens is 456 g/mol. The van der Waals surface area contributed by atoms with Crippen molar-refractivity contribution in [1.82, 2.24) is 9.78 Å². The van der Waals surface area contributed by atoms with Crippen molar-refractivity contribution >= 4 is 28.8 Å². The molecule has 0 radical (unpaired) electrons. The normalized spacial score (nSPS) is 13.6. The van der Waals surface area contributed by atoms with Crippen molar-refractivity contribution in [1.29, 1.82) is 0 Å². The van der Waals surface area contributed by atoms with E-state index in [1.165, 1.54) is 4.68 Å². The van der Waals surface area contributed by atoms with E-state index in [1.54, 1.807) is 79.5 Å². The molecule has 2 amide bonds. The summed E-state index contributed by atoms with van der Waals surface area (Å²) in [4.78, 5) is 28.8. The summed E-state index contributed by atoms with van der Waals surface area (Å²) in [7, 11) is 1.54. The summed E-state index contributed by atoms with van der Waals surface area (Å²) >= 11 is 0. The van der Waals surface area contributed by atoms with Gasteiger partial charge in [0.15, 0.2) is 12.4 Å². The average molecular weight is 481 g/mol. The van der Waals surface area contributed by atoms with Crippen molar-refractivity contribution < 1.29 is 24.0 Å². The standard InChI is InChI=1S/C28H24N4O4/c1-17-14-18(2)16-30(15-17)25-24(23-19(3)29-32(27(23)34)21-8-6-5-7-9-21)26(33)31(28(25)35)20-10-12-22(36-4)13-11-20/h5-16H,1-4H3. The molecule has 0 unspecified atom stereocenters. The number of aryl methyl sites for hydroxylation is 3. The Morgan fingerprint density at radius 1 is 0.861 bits per heavy atom. The van der Waals surface area contributed by atoms with Gasteiger partial charge in [-0.2, -0.15) is 9.67 Å². The third kappa shape index (κ3) is 3.73. The van der Waals surface area contributed by atoms with E-state index < -0.39 is 17.7 Å². The van der Waals surface area contributed by atoms with Gasteiger partial charge in [-0.15, -0.1) is 0 Å². The maximum atomic E-state index is 13.9. The van der Waals surface area contributed by atoms with Gasteiger partial charge in [-0.1, -0.05) is 18.2 Å². The lowest BCUT2D eigenvalue weighted by atomic mass is 10.0. The van der Waals surface area contributed by atoms with E-state index in [-0.39, 0.29) is 16.8 Å². The molecule has 180 valence electrons. The van der Waals surface area contributed by atoms with E-state index >= 15 is 0 Å². The molecule has 2 aromatic carbocycles. The largest absolute Gasteiger partial charge is 0.858 e. The summed E-state index contributed by atoms with van der Waals surface area (Å²) in [6.07, 6.45) is 3.54. The topological polar surface area (TPSA) is 91.4 Å². The van der Waals surface area contributed by atoms with Crippen LogP contribution in [0.4, 0.5) is 5.69 Å². The first-order chi connectivity index (χ1) is 17.3. The molecule has 1 aliphatic heterocycles. The first-order valence-corrected chi connectivity index (χ1v) is 11.4. The summed E-state index contributed by atoms with van der Waals surface area (Å²) in [6, 6.07) is 17.6. The third-order valence-corrected chi connectivity index (χ3v) is 6.06. The molecule has 3 heterocycles. The zero-order chi connectivity index (χ0) is 25.6. The maximum absolute atomic E-state index is 13.9. The number of nitrogens with zero attached hydrogens (tertiary/aromatic N) is 4. The van der Waals surface area contributed by atoms with Gasteiger partial charge in [0.25, 0.3) is 11.6 Å². The van der Waals surface area contributed by atoms with E-state index in [9.17, 15) is 14.7 Å². The fraction of sp³-hybridized carbons (Fsp3) is 0.143. The fourth-order valence-corrected chi connectivity index (χ4v) is 4.53. The third-order valence-electron chi connectivity index (χ3n) is 6.06. The molecule has 2 aromatic heterocycles. The molecule has 0 N–H and O–H groups in total. The second-order valence-corrected chi connectivity index (χ2v) is 8.68. The number of para-hydroxylation sites is 1. The van der Waals surface area contributed by atoms with Gasteiger partial charge in [0.05, 0.1) is 24.2 Å². The molecule has 5 rings (SSSR count). The number of ether oxygens (including phenoxy) is 1. The second kappa shape index (κ2) is 8.81. The van der Waals surface area contributed by atoms with Crippen LogP contribution >= 0.6 is 0 Å². The summed E-state index contributed by atoms with van der Waals surface area (Å²) in [6.45, 7) is 5.48. The van der Waals surface area contributed by atoms with Crippen LogP contribution in [0, 0.1) is 20.8 Å². The Morgan fingerprint density at radius 3 is 2.11 bits per heavy atom. The number of benzene rings is 2. The minimum Gasteiger partial charge on any atom is -0.858 e. The predicted octanol–water partition coefficient (Wildman–Crippen LogP) is 3.11. The zero-order valence-corrected chi connectivity index (χ0v) is 20.4. The molecule has 0 aliphatic carbocycles. The monoisotopic (exact) mass is 480 g/mol. The van der Waals surface area contributed by atoms with Gasteiger partial charge in [-0.25, -0.2) is 9.58 Å². The molecule has 36 heavy (non-hydrogen) atoms. The van der Waals surface area contributed by atoms with Crippen molar-refractivity contribution in [3.63, 3.8) is 0 Å². The van der Waals surface area contributed by atoms with Crippen molar-refractivity contribution in [3.05, 3.63) is 95.4 Å². The van der Waals surface area contributed by atoms with Crippen molar-refractivity contribution in [2.24, 2.45) is 0 Å². The number of hydrogen-bond acceptors (Lipinski definition) is 5. The van der Waals surface area contributed by atoms with Crippen LogP contribution in [-0.4, -0.2) is 28.7 Å². The maximum Gasteiger partial charge on any atom is 0.331 e. The van der Waals surface area contributed by atoms with Gasteiger partial charge < -0.3 is 9.84 Å². The average Bonchev–Trinajstić information content (AvgIpc) is 3.29. The smallest absolute Gasteiger partial charge is 0.331 e. The number of amides is 2. The van der Waals surface area contributed by atoms with E-state index in [1.807, 2.05) is 26.0 Å². The highest BCUT2D eigenvalue weighted by Crippen LogP contribution is 2.38. The van der Waals surface area contributed by atoms with E-state index in [0.717, 1.165) is 16.0 Å². The van der Waals surface area contributed by atoms with Crippen LogP contribution in [0.1, 0.15) is 22.4 Å². The predicted molar refractivity (Wildman–Crippen MR) is 132 cm³/mol. The Labute approximate surface area is 208 Å². The van der Waals surface area contributed by atoms with Crippen LogP contribution in [0.5, 0.6) is 11.6 Å². The molecule has 0 bridgehead atoms. The molecule has 1 aliphatic rings. The Kier molecular flexibility index (Phi) is 5.64. The van der Waals surface area contributed by atoms with Gasteiger partial charge in [0.2, 0.25) is 0 Å². The van der Waals surface area contributed by atoms with Gasteiger partial charge in [0.1, 0.15) is 11.3 Å². The number of pyridine rings is 1. The highest BCUT2D eigenvalue weighted by molar-refractivity contribution is 6.53. The number of imide groups is 1. The van der Waals surface area contributed by atoms with E-state index in [0.29, 0.717) is 22.8 Å². The Morgan fingerprint density at radius 2 is 1.50 bits per heavy atom. The zero-order valence-electron chi connectivity index (χ0n) is 20.4. The van der Waals surface area contributed by atoms with Gasteiger partial charge >= 0.3 is 5.91 Å². The van der Waals surface area contributed by atoms with Crippen molar-refractivity contribution in [3.8, 4) is 17.3 Å². The number of aromatic nitrogens is 3. The van der Waals surface area contributed by atoms with Gasteiger partial charge in [-0.05, 0) is 69.1 Å². The SMILES string of the molecule is COc1ccc(N2C(=O)C(c3c(C)nn(-c4ccccc4)c3[O-])=C([n+]3cc(C)cc(C)c3)C2=O)cc1. The molecule has 0 fully saturated rings. The van der Waals surface area contributed by atoms with Gasteiger partial charge in [-0.3, -0.25) is 9.59 Å². The summed E-state index contributed by atoms with van der Waals surface area (Å²) in [5.41, 5.74) is 3.36. The van der Waals surface area contributed by atoms with E-state index in [2.05, 4.69) is 5.10 Å². The number of anilines is 1. The van der Waals surface area contributed by atoms with Gasteiger partial charge in [0, 0.05) is 16.7 Å². The van der Waals surface area contributed by atoms with Crippen LogP contribution in [0.25, 0.3) is 17.0 Å². The Balaban J connectivity index is 1.75. The number of rotatable bonds is 5. The van der Waals surface area contributed by atoms with Crippen LogP contribution in [0.2, 0.25) is 0 Å². The Hall–Kier alpha value is -4.72. The molecule has 0 saturated carbocycles. The van der Waals surface area contributed by atoms with E-state index in [4.69, 9.17) is 4.74 Å². The van der Waals surface area contributed by atoms with Crippen LogP contribution in [0.15, 0.2) is 73.1 Å². The van der Waals surface area contributed by atoms with Crippen LogP contribution < -0.4 is 19.3 Å². The lowest BCUT2D eigenvalue weighted by Gasteiger charge is -2.16. The molecular formula is C28H24N4O4. The van der Waals surface area contributed by atoms with Crippen LogP contribution in [0.3, 0.4) is 0 Å². The first kappa shape index (κ1) is 23.0. The molecule has 0 spiro atoms. The molecule has 0 saturated heterocycles. The molecule has 8 nitrogen and oxygen atoms in total. The number of methoxy groups -OCH3 is 1. The highest BCUT2D eigenvalue weighted by Gasteiger charge is 2.47.